The molecule has 112 valence electrons. The molecule has 0 bridgehead atoms. The number of hydrogen-bond acceptors (Lipinski definition) is 5. The van der Waals surface area contributed by atoms with Crippen molar-refractivity contribution in [1.29, 1.82) is 0 Å². The summed E-state index contributed by atoms with van der Waals surface area (Å²) in [6, 6.07) is 6.10. The molecule has 0 fully saturated rings. The van der Waals surface area contributed by atoms with E-state index in [1.165, 1.54) is 7.11 Å². The maximum Gasteiger partial charge on any atom is 0.343 e. The molecule has 0 saturated heterocycles. The van der Waals surface area contributed by atoms with Gasteiger partial charge in [-0.3, -0.25) is 0 Å². The molecule has 0 unspecified atom stereocenters. The van der Waals surface area contributed by atoms with Gasteiger partial charge >= 0.3 is 5.97 Å². The van der Waals surface area contributed by atoms with E-state index in [0.29, 0.717) is 24.1 Å². The minimum absolute atomic E-state index is 0.125. The Kier molecular flexibility index (Phi) is 6.87. The van der Waals surface area contributed by atoms with Crippen molar-refractivity contribution in [3.8, 4) is 11.5 Å². The van der Waals surface area contributed by atoms with E-state index < -0.39 is 5.97 Å². The molecule has 0 amide bonds. The molecule has 0 atom stereocenters. The summed E-state index contributed by atoms with van der Waals surface area (Å²) in [4.78, 5) is 11.1. The molecule has 0 saturated carbocycles. The van der Waals surface area contributed by atoms with Crippen LogP contribution < -0.4 is 14.8 Å². The molecule has 0 aliphatic rings. The van der Waals surface area contributed by atoms with Gasteiger partial charge in [0.05, 0.1) is 13.7 Å². The van der Waals surface area contributed by atoms with Crippen LogP contribution in [0.3, 0.4) is 0 Å². The Morgan fingerprint density at radius 2 is 2.00 bits per heavy atom. The van der Waals surface area contributed by atoms with E-state index in [9.17, 15) is 4.79 Å². The highest BCUT2D eigenvalue weighted by Gasteiger charge is 2.09. The van der Waals surface area contributed by atoms with Gasteiger partial charge in [-0.05, 0) is 24.6 Å². The van der Waals surface area contributed by atoms with Crippen LogP contribution in [-0.2, 0) is 16.1 Å². The highest BCUT2D eigenvalue weighted by molar-refractivity contribution is 5.71. The van der Waals surface area contributed by atoms with Crippen LogP contribution in [0.25, 0.3) is 0 Å². The van der Waals surface area contributed by atoms with Crippen LogP contribution >= 0.6 is 0 Å². The third-order valence-corrected chi connectivity index (χ3v) is 2.60. The molecule has 0 aliphatic carbocycles. The first-order chi connectivity index (χ1) is 9.56. The second-order valence-corrected chi connectivity index (χ2v) is 4.61. The van der Waals surface area contributed by atoms with E-state index in [0.717, 1.165) is 12.1 Å². The van der Waals surface area contributed by atoms with Crippen LogP contribution in [-0.4, -0.2) is 32.3 Å². The summed E-state index contributed by atoms with van der Waals surface area (Å²) in [5.74, 6) is 0.767. The molecule has 0 aromatic heterocycles. The summed E-state index contributed by atoms with van der Waals surface area (Å²) < 4.78 is 15.5. The maximum absolute atomic E-state index is 11.1. The number of carbonyl (C=O) groups is 1. The van der Waals surface area contributed by atoms with Gasteiger partial charge in [0.1, 0.15) is 0 Å². The molecule has 0 radical (unpaired) electrons. The summed E-state index contributed by atoms with van der Waals surface area (Å²) >= 11 is 0. The van der Waals surface area contributed by atoms with E-state index in [2.05, 4.69) is 23.9 Å². The van der Waals surface area contributed by atoms with E-state index in [-0.39, 0.29) is 6.61 Å². The highest BCUT2D eigenvalue weighted by atomic mass is 16.6. The Labute approximate surface area is 120 Å². The predicted molar refractivity (Wildman–Crippen MR) is 77.1 cm³/mol. The van der Waals surface area contributed by atoms with Crippen molar-refractivity contribution < 1.29 is 19.0 Å². The van der Waals surface area contributed by atoms with Crippen molar-refractivity contribution in [3.63, 3.8) is 0 Å². The molecule has 1 aromatic carbocycles. The Morgan fingerprint density at radius 1 is 1.25 bits per heavy atom. The minimum Gasteiger partial charge on any atom is -0.490 e. The molecular weight excluding hydrogens is 258 g/mol. The minimum atomic E-state index is -0.419. The predicted octanol–water partition coefficient (Wildman–Crippen LogP) is 2.14. The number of hydrogen-bond donors (Lipinski definition) is 1. The van der Waals surface area contributed by atoms with Gasteiger partial charge < -0.3 is 19.5 Å². The average Bonchev–Trinajstić information content (AvgIpc) is 2.44. The average molecular weight is 281 g/mol. The number of benzene rings is 1. The third kappa shape index (κ3) is 5.48. The molecule has 0 aliphatic heterocycles. The number of esters is 1. The van der Waals surface area contributed by atoms with E-state index in [1.54, 1.807) is 0 Å². The summed E-state index contributed by atoms with van der Waals surface area (Å²) in [5.41, 5.74) is 1.10. The quantitative estimate of drug-likeness (QED) is 0.740. The molecule has 1 rings (SSSR count). The topological polar surface area (TPSA) is 56.8 Å². The second-order valence-electron chi connectivity index (χ2n) is 4.61. The second kappa shape index (κ2) is 8.43. The lowest BCUT2D eigenvalue weighted by Gasteiger charge is -2.14. The highest BCUT2D eigenvalue weighted by Crippen LogP contribution is 2.28. The van der Waals surface area contributed by atoms with Gasteiger partial charge in [-0.1, -0.05) is 19.9 Å². The Hall–Kier alpha value is -1.75. The molecule has 1 N–H and O–H groups in total. The van der Waals surface area contributed by atoms with Crippen molar-refractivity contribution >= 4 is 5.97 Å². The van der Waals surface area contributed by atoms with Crippen LogP contribution in [0.2, 0.25) is 0 Å². The zero-order chi connectivity index (χ0) is 15.0. The molecule has 20 heavy (non-hydrogen) atoms. The van der Waals surface area contributed by atoms with Crippen LogP contribution in [0.15, 0.2) is 18.2 Å². The van der Waals surface area contributed by atoms with Crippen LogP contribution in [0.5, 0.6) is 11.5 Å². The normalized spacial score (nSPS) is 10.4. The third-order valence-electron chi connectivity index (χ3n) is 2.60. The fraction of sp³-hybridized carbons (Fsp3) is 0.533. The lowest BCUT2D eigenvalue weighted by Crippen LogP contribution is -2.21. The van der Waals surface area contributed by atoms with Gasteiger partial charge in [-0.2, -0.15) is 0 Å². The Morgan fingerprint density at radius 3 is 2.60 bits per heavy atom. The Balaban J connectivity index is 2.75. The zero-order valence-corrected chi connectivity index (χ0v) is 12.6. The van der Waals surface area contributed by atoms with E-state index in [4.69, 9.17) is 9.47 Å². The van der Waals surface area contributed by atoms with Crippen molar-refractivity contribution in [1.82, 2.24) is 5.32 Å². The first-order valence-electron chi connectivity index (χ1n) is 6.75. The van der Waals surface area contributed by atoms with Crippen LogP contribution in [0, 0.1) is 0 Å². The molecule has 1 aromatic rings. The summed E-state index contributed by atoms with van der Waals surface area (Å²) in [6.07, 6.45) is 0. The number of carbonyl (C=O) groups excluding carboxylic acids is 1. The molecule has 0 heterocycles. The molecule has 5 heteroatoms. The first-order valence-corrected chi connectivity index (χ1v) is 6.75. The standard InChI is InChI=1S/C15H23NO4/c1-5-19-14-8-12(9-16-11(2)3)6-7-13(14)20-10-15(17)18-4/h6-8,11,16H,5,9-10H2,1-4H3. The van der Waals surface area contributed by atoms with Crippen LogP contribution in [0.4, 0.5) is 0 Å². The van der Waals surface area contributed by atoms with Crippen molar-refractivity contribution in [3.05, 3.63) is 23.8 Å². The zero-order valence-electron chi connectivity index (χ0n) is 12.6. The largest absolute Gasteiger partial charge is 0.490 e. The first kappa shape index (κ1) is 16.3. The van der Waals surface area contributed by atoms with Gasteiger partial charge in [0.25, 0.3) is 0 Å². The Bertz CT molecular complexity index is 432. The van der Waals surface area contributed by atoms with Gasteiger partial charge in [0.15, 0.2) is 18.1 Å². The van der Waals surface area contributed by atoms with E-state index >= 15 is 0 Å². The summed E-state index contributed by atoms with van der Waals surface area (Å²) in [5, 5.41) is 3.34. The SMILES string of the molecule is CCOc1cc(CNC(C)C)ccc1OCC(=O)OC. The molecule has 5 nitrogen and oxygen atoms in total. The lowest BCUT2D eigenvalue weighted by molar-refractivity contribution is -0.142. The molecular formula is C15H23NO4. The summed E-state index contributed by atoms with van der Waals surface area (Å²) in [7, 11) is 1.33. The van der Waals surface area contributed by atoms with E-state index in [1.807, 2.05) is 25.1 Å². The number of ether oxygens (including phenoxy) is 3. The number of methoxy groups -OCH3 is 1. The number of nitrogens with one attached hydrogen (secondary N) is 1. The number of rotatable bonds is 8. The fourth-order valence-corrected chi connectivity index (χ4v) is 1.57. The van der Waals surface area contributed by atoms with Gasteiger partial charge in [0, 0.05) is 12.6 Å². The van der Waals surface area contributed by atoms with Gasteiger partial charge in [0.2, 0.25) is 0 Å². The lowest BCUT2D eigenvalue weighted by atomic mass is 10.2. The van der Waals surface area contributed by atoms with Crippen molar-refractivity contribution in [2.75, 3.05) is 20.3 Å². The maximum atomic E-state index is 11.1. The fourth-order valence-electron chi connectivity index (χ4n) is 1.57. The summed E-state index contributed by atoms with van der Waals surface area (Å²) in [6.45, 7) is 7.27. The van der Waals surface area contributed by atoms with Gasteiger partial charge in [-0.15, -0.1) is 0 Å². The smallest absolute Gasteiger partial charge is 0.343 e. The monoisotopic (exact) mass is 281 g/mol. The van der Waals surface area contributed by atoms with Crippen LogP contribution in [0.1, 0.15) is 26.3 Å². The van der Waals surface area contributed by atoms with Crippen molar-refractivity contribution in [2.24, 2.45) is 0 Å². The van der Waals surface area contributed by atoms with Crippen molar-refractivity contribution in [2.45, 2.75) is 33.4 Å². The van der Waals surface area contributed by atoms with Gasteiger partial charge in [-0.25, -0.2) is 4.79 Å². The molecule has 0 spiro atoms.